The molecule has 0 radical (unpaired) electrons. The van der Waals surface area contributed by atoms with Crippen molar-refractivity contribution < 1.29 is 9.32 Å². The Labute approximate surface area is 176 Å². The first-order valence-electron chi connectivity index (χ1n) is 10.1. The molecule has 3 atom stereocenters. The Kier molecular flexibility index (Phi) is 3.83. The van der Waals surface area contributed by atoms with Crippen LogP contribution in [0.15, 0.2) is 46.2 Å². The van der Waals surface area contributed by atoms with Crippen LogP contribution in [0.5, 0.6) is 0 Å². The quantitative estimate of drug-likeness (QED) is 0.446. The summed E-state index contributed by atoms with van der Waals surface area (Å²) < 4.78 is 8.55. The van der Waals surface area contributed by atoms with Gasteiger partial charge in [0.15, 0.2) is 17.0 Å². The van der Waals surface area contributed by atoms with E-state index in [1.54, 1.807) is 17.9 Å². The number of carbonyl (C=O) groups excluding carboxylic acids is 1. The molecule has 31 heavy (non-hydrogen) atoms. The Morgan fingerprint density at radius 1 is 1.13 bits per heavy atom. The first-order valence-corrected chi connectivity index (χ1v) is 10.1. The molecule has 2 aliphatic rings. The van der Waals surface area contributed by atoms with Gasteiger partial charge in [-0.3, -0.25) is 14.2 Å². The van der Waals surface area contributed by atoms with Crippen LogP contribution in [-0.2, 0) is 13.6 Å². The minimum absolute atomic E-state index is 0.178. The van der Waals surface area contributed by atoms with E-state index in [0.717, 1.165) is 25.1 Å². The lowest BCUT2D eigenvalue weighted by molar-refractivity contribution is 0.112. The number of hydrogen-bond acceptors (Lipinski definition) is 8. The molecule has 1 saturated carbocycles. The summed E-state index contributed by atoms with van der Waals surface area (Å²) in [5.74, 6) is 2.38. The summed E-state index contributed by atoms with van der Waals surface area (Å²) in [6.07, 6.45) is 3.88. The smallest absolute Gasteiger partial charge is 0.280 e. The van der Waals surface area contributed by atoms with Crippen LogP contribution in [0.25, 0.3) is 11.2 Å². The van der Waals surface area contributed by atoms with Crippen molar-refractivity contribution in [1.82, 2.24) is 29.2 Å². The highest BCUT2D eigenvalue weighted by Crippen LogP contribution is 2.57. The molecular formula is C21H19N7O3. The Hall–Kier alpha value is -3.82. The zero-order valence-corrected chi connectivity index (χ0v) is 16.8. The number of piperidine rings is 1. The highest BCUT2D eigenvalue weighted by molar-refractivity contribution is 5.75. The van der Waals surface area contributed by atoms with Crippen LogP contribution in [0.3, 0.4) is 0 Å². The van der Waals surface area contributed by atoms with E-state index in [9.17, 15) is 9.59 Å². The SMILES string of the molecule is Cn1cnc2ncn(Cc3nc(C4[C@H]5CN(c6ccc(C=O)cc6)C[C@@H]45)no3)c(=O)c21. The van der Waals surface area contributed by atoms with E-state index in [4.69, 9.17) is 4.52 Å². The molecule has 156 valence electrons. The molecular weight excluding hydrogens is 398 g/mol. The molecule has 0 bridgehead atoms. The average molecular weight is 417 g/mol. The fourth-order valence-corrected chi connectivity index (χ4v) is 4.68. The number of benzene rings is 1. The van der Waals surface area contributed by atoms with Gasteiger partial charge in [0, 0.05) is 37.3 Å². The Morgan fingerprint density at radius 3 is 2.61 bits per heavy atom. The van der Waals surface area contributed by atoms with Crippen LogP contribution in [0.4, 0.5) is 5.69 Å². The van der Waals surface area contributed by atoms with Crippen LogP contribution >= 0.6 is 0 Å². The van der Waals surface area contributed by atoms with E-state index in [2.05, 4.69) is 25.0 Å². The molecule has 1 saturated heterocycles. The topological polar surface area (TPSA) is 112 Å². The van der Waals surface area contributed by atoms with Crippen LogP contribution in [0.2, 0.25) is 0 Å². The van der Waals surface area contributed by atoms with Crippen molar-refractivity contribution in [3.8, 4) is 0 Å². The van der Waals surface area contributed by atoms with Crippen molar-refractivity contribution in [2.75, 3.05) is 18.0 Å². The molecule has 0 N–H and O–H groups in total. The third-order valence-electron chi connectivity index (χ3n) is 6.38. The van der Waals surface area contributed by atoms with E-state index in [0.29, 0.717) is 40.3 Å². The lowest BCUT2D eigenvalue weighted by Gasteiger charge is -2.21. The zero-order valence-electron chi connectivity index (χ0n) is 16.8. The standard InChI is InChI=1S/C21H19N7O3/c1-26-10-22-20-18(26)21(30)28(11-23-20)8-16-24-19(25-31-16)17-14-6-27(7-15(14)17)13-4-2-12(9-29)3-5-13/h2-5,9-11,14-15,17H,6-8H2,1H3/t14-,15+,17?. The maximum Gasteiger partial charge on any atom is 0.280 e. The lowest BCUT2D eigenvalue weighted by Crippen LogP contribution is -2.23. The number of hydrogen-bond donors (Lipinski definition) is 0. The number of anilines is 1. The van der Waals surface area contributed by atoms with Gasteiger partial charge in [-0.1, -0.05) is 5.16 Å². The molecule has 2 fully saturated rings. The molecule has 1 aliphatic carbocycles. The van der Waals surface area contributed by atoms with Gasteiger partial charge in [0.25, 0.3) is 5.56 Å². The lowest BCUT2D eigenvalue weighted by atomic mass is 10.2. The third-order valence-corrected chi connectivity index (χ3v) is 6.38. The van der Waals surface area contributed by atoms with Gasteiger partial charge in [0.1, 0.15) is 19.2 Å². The van der Waals surface area contributed by atoms with Crippen molar-refractivity contribution in [2.24, 2.45) is 18.9 Å². The van der Waals surface area contributed by atoms with E-state index >= 15 is 0 Å². The summed E-state index contributed by atoms with van der Waals surface area (Å²) in [6.45, 7) is 2.04. The monoisotopic (exact) mass is 417 g/mol. The van der Waals surface area contributed by atoms with Gasteiger partial charge in [0.2, 0.25) is 5.89 Å². The largest absolute Gasteiger partial charge is 0.371 e. The van der Waals surface area contributed by atoms with Crippen LogP contribution in [-0.4, -0.2) is 48.6 Å². The first-order chi connectivity index (χ1) is 15.1. The van der Waals surface area contributed by atoms with E-state index in [1.807, 2.05) is 24.3 Å². The fraction of sp³-hybridized carbons (Fsp3) is 0.333. The van der Waals surface area contributed by atoms with Gasteiger partial charge in [-0.2, -0.15) is 4.98 Å². The maximum atomic E-state index is 12.7. The van der Waals surface area contributed by atoms with Crippen LogP contribution in [0, 0.1) is 11.8 Å². The summed E-state index contributed by atoms with van der Waals surface area (Å²) in [6, 6.07) is 7.66. The number of carbonyl (C=O) groups is 1. The van der Waals surface area contributed by atoms with Gasteiger partial charge in [-0.05, 0) is 36.1 Å². The number of aryl methyl sites for hydroxylation is 1. The predicted octanol–water partition coefficient (Wildman–Crippen LogP) is 1.22. The van der Waals surface area contributed by atoms with Crippen molar-refractivity contribution in [3.05, 3.63) is 64.6 Å². The van der Waals surface area contributed by atoms with Gasteiger partial charge in [-0.25, -0.2) is 9.97 Å². The summed E-state index contributed by atoms with van der Waals surface area (Å²) in [5, 5.41) is 4.18. The number of imidazole rings is 1. The Balaban J connectivity index is 1.15. The summed E-state index contributed by atoms with van der Waals surface area (Å²) >= 11 is 0. The first kappa shape index (κ1) is 18.0. The number of aldehydes is 1. The second-order valence-corrected chi connectivity index (χ2v) is 8.22. The minimum Gasteiger partial charge on any atom is -0.371 e. The number of rotatable bonds is 5. The Bertz CT molecular complexity index is 1340. The normalized spacial score (nSPS) is 22.1. The molecule has 10 heteroatoms. The highest BCUT2D eigenvalue weighted by atomic mass is 16.5. The average Bonchev–Trinajstić information content (AvgIpc) is 3.21. The van der Waals surface area contributed by atoms with Gasteiger partial charge < -0.3 is 14.0 Å². The van der Waals surface area contributed by atoms with E-state index in [-0.39, 0.29) is 18.0 Å². The number of nitrogens with zero attached hydrogens (tertiary/aromatic N) is 7. The summed E-state index contributed by atoms with van der Waals surface area (Å²) in [7, 11) is 1.76. The highest BCUT2D eigenvalue weighted by Gasteiger charge is 2.58. The number of aromatic nitrogens is 6. The van der Waals surface area contributed by atoms with Crippen LogP contribution < -0.4 is 10.5 Å². The van der Waals surface area contributed by atoms with Crippen molar-refractivity contribution in [2.45, 2.75) is 12.5 Å². The summed E-state index contributed by atoms with van der Waals surface area (Å²) in [5.41, 5.74) is 2.49. The molecule has 1 aliphatic heterocycles. The zero-order chi connectivity index (χ0) is 21.1. The predicted molar refractivity (Wildman–Crippen MR) is 110 cm³/mol. The van der Waals surface area contributed by atoms with Crippen molar-refractivity contribution >= 4 is 23.1 Å². The molecule has 6 rings (SSSR count). The molecule has 10 nitrogen and oxygen atoms in total. The minimum atomic E-state index is -0.190. The van der Waals surface area contributed by atoms with Gasteiger partial charge in [-0.15, -0.1) is 0 Å². The molecule has 1 unspecified atom stereocenters. The van der Waals surface area contributed by atoms with Crippen LogP contribution in [0.1, 0.15) is 28.0 Å². The molecule has 0 amide bonds. The van der Waals surface area contributed by atoms with Crippen molar-refractivity contribution in [3.63, 3.8) is 0 Å². The van der Waals surface area contributed by atoms with Gasteiger partial charge >= 0.3 is 0 Å². The molecule has 4 heterocycles. The Morgan fingerprint density at radius 2 is 1.87 bits per heavy atom. The maximum absolute atomic E-state index is 12.7. The molecule has 4 aromatic rings. The van der Waals surface area contributed by atoms with Crippen molar-refractivity contribution in [1.29, 1.82) is 0 Å². The third kappa shape index (κ3) is 2.86. The fourth-order valence-electron chi connectivity index (χ4n) is 4.68. The molecule has 0 spiro atoms. The molecule has 1 aromatic carbocycles. The van der Waals surface area contributed by atoms with E-state index in [1.165, 1.54) is 10.9 Å². The second kappa shape index (κ2) is 6.59. The summed E-state index contributed by atoms with van der Waals surface area (Å²) in [4.78, 5) is 38.7. The molecule has 3 aromatic heterocycles. The number of fused-ring (bicyclic) bond motifs is 2. The van der Waals surface area contributed by atoms with Gasteiger partial charge in [0.05, 0.1) is 6.33 Å². The second-order valence-electron chi connectivity index (χ2n) is 8.22. The van der Waals surface area contributed by atoms with E-state index < -0.39 is 0 Å².